The fraction of sp³-hybridized carbons (Fsp3) is 0.556. The van der Waals surface area contributed by atoms with Gasteiger partial charge in [-0.1, -0.05) is 11.6 Å². The molecule has 1 unspecified atom stereocenters. The molecular weight excluding hydrogens is 122 g/mol. The molecule has 0 N–H and O–H groups in total. The molecule has 1 heteroatoms. The van der Waals surface area contributed by atoms with E-state index < -0.39 is 0 Å². The normalized spacial score (nSPS) is 35.8. The van der Waals surface area contributed by atoms with Gasteiger partial charge in [0.05, 0.1) is 6.04 Å². The van der Waals surface area contributed by atoms with Crippen molar-refractivity contribution in [1.82, 2.24) is 0 Å². The van der Waals surface area contributed by atoms with Crippen LogP contribution in [0.2, 0.25) is 0 Å². The van der Waals surface area contributed by atoms with Crippen LogP contribution < -0.4 is 0 Å². The minimum absolute atomic E-state index is 0.458. The standard InChI is InChI=1S/C9H11N/c1-3-6(2)9-8-4-7(8)5-10-9/h3,8-9H,4H2,1-2H3/b6-3-/t8?,9-/m1/s1. The Morgan fingerprint density at radius 2 is 2.60 bits per heavy atom. The van der Waals surface area contributed by atoms with E-state index in [0.717, 1.165) is 5.92 Å². The number of aliphatic imine (C=N–C) groups is 1. The van der Waals surface area contributed by atoms with Crippen molar-refractivity contribution in [2.45, 2.75) is 26.3 Å². The summed E-state index contributed by atoms with van der Waals surface area (Å²) in [5, 5.41) is 0. The molecule has 1 aliphatic heterocycles. The third kappa shape index (κ3) is 0.676. The highest BCUT2D eigenvalue weighted by atomic mass is 14.8. The highest BCUT2D eigenvalue weighted by molar-refractivity contribution is 5.69. The van der Waals surface area contributed by atoms with Crippen LogP contribution >= 0.6 is 0 Å². The number of rotatable bonds is 1. The summed E-state index contributed by atoms with van der Waals surface area (Å²) in [6.07, 6.45) is 3.40. The van der Waals surface area contributed by atoms with Crippen molar-refractivity contribution in [2.24, 2.45) is 10.9 Å². The van der Waals surface area contributed by atoms with Gasteiger partial charge in [-0.05, 0) is 31.7 Å². The van der Waals surface area contributed by atoms with Gasteiger partial charge >= 0.3 is 0 Å². The molecule has 0 aromatic heterocycles. The van der Waals surface area contributed by atoms with E-state index in [1.165, 1.54) is 17.6 Å². The van der Waals surface area contributed by atoms with Crippen LogP contribution in [0, 0.1) is 5.92 Å². The Morgan fingerprint density at radius 1 is 1.80 bits per heavy atom. The molecule has 0 aromatic carbocycles. The van der Waals surface area contributed by atoms with Gasteiger partial charge in [0, 0.05) is 5.92 Å². The monoisotopic (exact) mass is 133 g/mol. The molecule has 1 nitrogen and oxygen atoms in total. The van der Waals surface area contributed by atoms with Crippen LogP contribution in [0.1, 0.15) is 20.3 Å². The van der Waals surface area contributed by atoms with E-state index in [1.54, 1.807) is 0 Å². The molecule has 0 bridgehead atoms. The minimum Gasteiger partial charge on any atom is -0.235 e. The molecule has 0 radical (unpaired) electrons. The highest BCUT2D eigenvalue weighted by Gasteiger charge is 2.41. The summed E-state index contributed by atoms with van der Waals surface area (Å²) in [4.78, 5) is 4.28. The van der Waals surface area contributed by atoms with Gasteiger partial charge in [-0.2, -0.15) is 0 Å². The molecule has 1 saturated carbocycles. The van der Waals surface area contributed by atoms with E-state index in [0.29, 0.717) is 6.04 Å². The zero-order valence-corrected chi connectivity index (χ0v) is 6.39. The average molecular weight is 133 g/mol. The summed E-state index contributed by atoms with van der Waals surface area (Å²) in [5.74, 6) is 3.81. The molecule has 1 heterocycles. The quantitative estimate of drug-likeness (QED) is 0.485. The summed E-state index contributed by atoms with van der Waals surface area (Å²) in [5.41, 5.74) is 2.83. The first-order chi connectivity index (χ1) is 4.83. The van der Waals surface area contributed by atoms with Gasteiger partial charge in [0.15, 0.2) is 0 Å². The van der Waals surface area contributed by atoms with Crippen LogP contribution in [0.15, 0.2) is 22.2 Å². The smallest absolute Gasteiger partial charge is 0.0875 e. The lowest BCUT2D eigenvalue weighted by Crippen LogP contribution is -2.05. The van der Waals surface area contributed by atoms with Gasteiger partial charge in [-0.25, -0.2) is 4.99 Å². The van der Waals surface area contributed by atoms with E-state index in [4.69, 9.17) is 0 Å². The second kappa shape index (κ2) is 1.83. The number of allylic oxidation sites excluding steroid dienone is 1. The molecule has 2 aliphatic rings. The largest absolute Gasteiger partial charge is 0.235 e. The summed E-state index contributed by atoms with van der Waals surface area (Å²) in [7, 11) is 0. The van der Waals surface area contributed by atoms with Gasteiger partial charge < -0.3 is 0 Å². The molecular formula is C9H11N. The van der Waals surface area contributed by atoms with E-state index in [-0.39, 0.29) is 0 Å². The van der Waals surface area contributed by atoms with Crippen LogP contribution in [0.3, 0.4) is 0 Å². The first-order valence-electron chi connectivity index (χ1n) is 3.77. The first kappa shape index (κ1) is 5.94. The molecule has 2 rings (SSSR count). The van der Waals surface area contributed by atoms with Crippen molar-refractivity contribution < 1.29 is 0 Å². The lowest BCUT2D eigenvalue weighted by Gasteiger charge is -2.06. The summed E-state index contributed by atoms with van der Waals surface area (Å²) in [6.45, 7) is 4.22. The molecule has 0 aromatic rings. The number of hydrogen-bond acceptors (Lipinski definition) is 1. The number of nitrogens with zero attached hydrogens (tertiary/aromatic N) is 1. The van der Waals surface area contributed by atoms with Crippen molar-refractivity contribution in [2.75, 3.05) is 0 Å². The summed E-state index contributed by atoms with van der Waals surface area (Å²) < 4.78 is 0. The topological polar surface area (TPSA) is 12.4 Å². The lowest BCUT2D eigenvalue weighted by atomic mass is 10.1. The summed E-state index contributed by atoms with van der Waals surface area (Å²) >= 11 is 0. The fourth-order valence-corrected chi connectivity index (χ4v) is 1.44. The Balaban J connectivity index is 2.18. The Bertz CT molecular complexity index is 254. The van der Waals surface area contributed by atoms with Crippen LogP contribution in [0.5, 0.6) is 0 Å². The molecule has 0 amide bonds. The first-order valence-corrected chi connectivity index (χ1v) is 3.77. The number of fused-ring (bicyclic) bond motifs is 1. The number of hydrogen-bond donors (Lipinski definition) is 0. The zero-order chi connectivity index (χ0) is 7.14. The predicted octanol–water partition coefficient (Wildman–Crippen LogP) is 1.95. The maximum absolute atomic E-state index is 4.28. The Labute approximate surface area is 61.2 Å². The van der Waals surface area contributed by atoms with E-state index in [1.807, 2.05) is 0 Å². The maximum atomic E-state index is 4.28. The third-order valence-electron chi connectivity index (χ3n) is 2.38. The second-order valence-electron chi connectivity index (χ2n) is 3.05. The van der Waals surface area contributed by atoms with Crippen LogP contribution in [-0.4, -0.2) is 11.9 Å². The molecule has 10 heavy (non-hydrogen) atoms. The molecule has 0 spiro atoms. The Kier molecular flexibility index (Phi) is 1.09. The van der Waals surface area contributed by atoms with Crippen molar-refractivity contribution in [3.8, 4) is 0 Å². The molecule has 52 valence electrons. The van der Waals surface area contributed by atoms with Crippen molar-refractivity contribution in [3.63, 3.8) is 0 Å². The van der Waals surface area contributed by atoms with Crippen molar-refractivity contribution in [3.05, 3.63) is 17.2 Å². The van der Waals surface area contributed by atoms with Crippen LogP contribution in [0.25, 0.3) is 0 Å². The summed E-state index contributed by atoms with van der Waals surface area (Å²) in [6, 6.07) is 0.458. The Morgan fingerprint density at radius 3 is 3.00 bits per heavy atom. The van der Waals surface area contributed by atoms with Gasteiger partial charge in [0.1, 0.15) is 0 Å². The molecule has 2 atom stereocenters. The Hall–Kier alpha value is -0.810. The maximum Gasteiger partial charge on any atom is 0.0875 e. The van der Waals surface area contributed by atoms with Gasteiger partial charge in [0.25, 0.3) is 0 Å². The van der Waals surface area contributed by atoms with E-state index in [9.17, 15) is 0 Å². The van der Waals surface area contributed by atoms with E-state index in [2.05, 4.69) is 30.8 Å². The zero-order valence-electron chi connectivity index (χ0n) is 6.39. The second-order valence-corrected chi connectivity index (χ2v) is 3.05. The molecule has 1 aliphatic carbocycles. The third-order valence-corrected chi connectivity index (χ3v) is 2.38. The van der Waals surface area contributed by atoms with E-state index >= 15 is 0 Å². The highest BCUT2D eigenvalue weighted by Crippen LogP contribution is 2.45. The molecule has 0 saturated heterocycles. The SMILES string of the molecule is C/C=C(/C)[C@H]1N=C=C2CC21. The molecule has 1 fully saturated rings. The van der Waals surface area contributed by atoms with Crippen molar-refractivity contribution in [1.29, 1.82) is 0 Å². The van der Waals surface area contributed by atoms with Crippen LogP contribution in [-0.2, 0) is 0 Å². The lowest BCUT2D eigenvalue weighted by molar-refractivity contribution is 0.709. The van der Waals surface area contributed by atoms with Crippen molar-refractivity contribution >= 4 is 5.87 Å². The fourth-order valence-electron chi connectivity index (χ4n) is 1.44. The van der Waals surface area contributed by atoms with Gasteiger partial charge in [-0.15, -0.1) is 0 Å². The minimum atomic E-state index is 0.458. The van der Waals surface area contributed by atoms with Crippen LogP contribution in [0.4, 0.5) is 0 Å². The van der Waals surface area contributed by atoms with Gasteiger partial charge in [-0.3, -0.25) is 0 Å². The van der Waals surface area contributed by atoms with Gasteiger partial charge in [0.2, 0.25) is 0 Å². The predicted molar refractivity (Wildman–Crippen MR) is 42.3 cm³/mol. The average Bonchev–Trinajstić information content (AvgIpc) is 2.62.